The van der Waals surface area contributed by atoms with Crippen molar-refractivity contribution in [2.75, 3.05) is 19.6 Å². The minimum Gasteiger partial charge on any atom is -0.389 e. The fourth-order valence-electron chi connectivity index (χ4n) is 10.1. The van der Waals surface area contributed by atoms with Crippen LogP contribution in [0.5, 0.6) is 0 Å². The smallest absolute Gasteiger partial charge is 0.139 e. The Balaban J connectivity index is 1.10. The van der Waals surface area contributed by atoms with Crippen molar-refractivity contribution in [3.8, 4) is 0 Å². The van der Waals surface area contributed by atoms with Crippen LogP contribution >= 0.6 is 0 Å². The number of hydrogen-bond acceptors (Lipinski definition) is 5. The summed E-state index contributed by atoms with van der Waals surface area (Å²) in [6.45, 7) is 13.3. The van der Waals surface area contributed by atoms with Crippen molar-refractivity contribution in [2.24, 2.45) is 34.5 Å². The second-order valence-electron chi connectivity index (χ2n) is 14.4. The Hall–Kier alpha value is -1.30. The predicted molar refractivity (Wildman–Crippen MR) is 147 cm³/mol. The molecule has 0 bridgehead atoms. The molecule has 2 heterocycles. The van der Waals surface area contributed by atoms with Crippen LogP contribution in [0.3, 0.4) is 0 Å². The molecule has 0 spiro atoms. The number of Topliss-reactive ketones (excluding diaryl/α,β-unsaturated/α-hetero) is 1. The Labute approximate surface area is 224 Å². The zero-order valence-corrected chi connectivity index (χ0v) is 23.7. The minimum atomic E-state index is -0.566. The van der Waals surface area contributed by atoms with Gasteiger partial charge in [0.05, 0.1) is 5.60 Å². The number of fused-ring (bicyclic) bond motifs is 5. The topological polar surface area (TPSA) is 56.7 Å². The van der Waals surface area contributed by atoms with E-state index in [4.69, 9.17) is 0 Å². The molecule has 1 aromatic rings. The molecular formula is C32H49N3O2. The predicted octanol–water partition coefficient (Wildman–Crippen LogP) is 5.32. The van der Waals surface area contributed by atoms with Crippen molar-refractivity contribution in [1.29, 1.82) is 0 Å². The van der Waals surface area contributed by atoms with Crippen LogP contribution < -0.4 is 0 Å². The molecule has 2 unspecified atom stereocenters. The third kappa shape index (κ3) is 4.41. The van der Waals surface area contributed by atoms with Crippen LogP contribution in [-0.4, -0.2) is 63.0 Å². The van der Waals surface area contributed by atoms with E-state index < -0.39 is 5.60 Å². The zero-order valence-electron chi connectivity index (χ0n) is 23.7. The van der Waals surface area contributed by atoms with E-state index in [0.29, 0.717) is 35.1 Å². The van der Waals surface area contributed by atoms with E-state index in [-0.39, 0.29) is 5.41 Å². The lowest BCUT2D eigenvalue weighted by atomic mass is 9.44. The van der Waals surface area contributed by atoms with E-state index in [1.807, 2.05) is 18.5 Å². The lowest BCUT2D eigenvalue weighted by molar-refractivity contribution is -0.160. The molecule has 5 nitrogen and oxygen atoms in total. The monoisotopic (exact) mass is 507 g/mol. The lowest BCUT2D eigenvalue weighted by Gasteiger charge is -2.61. The van der Waals surface area contributed by atoms with Crippen LogP contribution in [0.4, 0.5) is 0 Å². The highest BCUT2D eigenvalue weighted by atomic mass is 16.3. The van der Waals surface area contributed by atoms with Gasteiger partial charge in [-0.3, -0.25) is 19.6 Å². The summed E-state index contributed by atoms with van der Waals surface area (Å²) in [6.07, 6.45) is 13.7. The van der Waals surface area contributed by atoms with Gasteiger partial charge in [-0.2, -0.15) is 0 Å². The van der Waals surface area contributed by atoms with Crippen molar-refractivity contribution < 1.29 is 9.90 Å². The van der Waals surface area contributed by atoms with Gasteiger partial charge in [0.2, 0.25) is 0 Å². The third-order valence-electron chi connectivity index (χ3n) is 12.4. The van der Waals surface area contributed by atoms with Gasteiger partial charge in [0.25, 0.3) is 0 Å². The first-order valence-electron chi connectivity index (χ1n) is 15.2. The molecule has 0 amide bonds. The van der Waals surface area contributed by atoms with E-state index in [0.717, 1.165) is 76.5 Å². The first kappa shape index (κ1) is 26.0. The number of aliphatic hydroxyl groups is 1. The SMILES string of the molecule is CC1CN(C[C@@]2(O)CC[C@@]3(C)[C@@H](CC[C@@H]4[C@@H]3CC[C@]3(C)C(=O)CC[C@@H]43)C2)C(C)CN1Cc1cccnc1. The van der Waals surface area contributed by atoms with Gasteiger partial charge in [-0.15, -0.1) is 0 Å². The average molecular weight is 508 g/mol. The minimum absolute atomic E-state index is 0.0359. The number of rotatable bonds is 4. The Morgan fingerprint density at radius 1 is 1.00 bits per heavy atom. The Morgan fingerprint density at radius 3 is 2.57 bits per heavy atom. The fourth-order valence-corrected chi connectivity index (χ4v) is 10.1. The molecule has 1 N–H and O–H groups in total. The molecule has 37 heavy (non-hydrogen) atoms. The zero-order chi connectivity index (χ0) is 26.0. The maximum atomic E-state index is 12.8. The van der Waals surface area contributed by atoms with Crippen molar-refractivity contribution in [2.45, 2.75) is 110 Å². The first-order valence-corrected chi connectivity index (χ1v) is 15.2. The number of nitrogens with zero attached hydrogens (tertiary/aromatic N) is 3. The molecule has 4 saturated carbocycles. The Bertz CT molecular complexity index is 1000. The summed E-state index contributed by atoms with van der Waals surface area (Å²) in [4.78, 5) is 22.2. The highest BCUT2D eigenvalue weighted by Gasteiger charge is 2.61. The number of pyridine rings is 1. The van der Waals surface area contributed by atoms with E-state index >= 15 is 0 Å². The molecule has 5 heteroatoms. The molecule has 6 rings (SSSR count). The highest BCUT2D eigenvalue weighted by molar-refractivity contribution is 5.87. The van der Waals surface area contributed by atoms with Crippen LogP contribution in [-0.2, 0) is 11.3 Å². The molecule has 5 aliphatic rings. The summed E-state index contributed by atoms with van der Waals surface area (Å²) in [5.74, 6) is 3.25. The summed E-state index contributed by atoms with van der Waals surface area (Å²) >= 11 is 0. The van der Waals surface area contributed by atoms with Gasteiger partial charge in [0, 0.05) is 62.5 Å². The number of carbonyl (C=O) groups excluding carboxylic acids is 1. The number of hydrogen-bond donors (Lipinski definition) is 1. The van der Waals surface area contributed by atoms with Crippen LogP contribution in [0.15, 0.2) is 24.5 Å². The second-order valence-corrected chi connectivity index (χ2v) is 14.4. The molecule has 9 atom stereocenters. The van der Waals surface area contributed by atoms with Gasteiger partial charge in [-0.25, -0.2) is 0 Å². The van der Waals surface area contributed by atoms with Crippen molar-refractivity contribution in [1.82, 2.24) is 14.8 Å². The van der Waals surface area contributed by atoms with Crippen LogP contribution in [0.2, 0.25) is 0 Å². The lowest BCUT2D eigenvalue weighted by Crippen LogP contribution is -2.62. The van der Waals surface area contributed by atoms with Crippen molar-refractivity contribution in [3.05, 3.63) is 30.1 Å². The molecule has 1 aliphatic heterocycles. The van der Waals surface area contributed by atoms with Crippen LogP contribution in [0, 0.1) is 34.5 Å². The Morgan fingerprint density at radius 2 is 1.78 bits per heavy atom. The summed E-state index contributed by atoms with van der Waals surface area (Å²) < 4.78 is 0. The average Bonchev–Trinajstić information content (AvgIpc) is 3.18. The number of β-amino-alcohol motifs (C(OH)–C–C–N with tert-alkyl or cyclic N) is 1. The number of ketones is 1. The summed E-state index contributed by atoms with van der Waals surface area (Å²) in [5.41, 5.74) is 1.01. The largest absolute Gasteiger partial charge is 0.389 e. The van der Waals surface area contributed by atoms with Gasteiger partial charge in [-0.1, -0.05) is 19.9 Å². The molecule has 5 fully saturated rings. The summed E-state index contributed by atoms with van der Waals surface area (Å²) in [6, 6.07) is 5.11. The van der Waals surface area contributed by atoms with E-state index in [1.165, 1.54) is 24.8 Å². The number of aromatic nitrogens is 1. The van der Waals surface area contributed by atoms with Gasteiger partial charge in [-0.05, 0) is 106 Å². The molecular weight excluding hydrogens is 458 g/mol. The molecule has 0 radical (unpaired) electrons. The molecule has 1 aromatic heterocycles. The molecule has 204 valence electrons. The van der Waals surface area contributed by atoms with Gasteiger partial charge >= 0.3 is 0 Å². The second kappa shape index (κ2) is 9.41. The molecule has 4 aliphatic carbocycles. The van der Waals surface area contributed by atoms with Gasteiger partial charge < -0.3 is 5.11 Å². The standard InChI is InChI=1S/C32H49N3O2/c1-22-19-35(23(2)18-34(22)20-24-6-5-15-33-17-24)21-32(37)14-13-30(3)25(16-32)7-8-26-27-9-10-29(36)31(27,4)12-11-28(26)30/h5-6,15,17,22-23,25-28,37H,7-14,16,18-21H2,1-4H3/t22?,23?,25-,26-,27-,28-,30-,31-,32+/m0/s1. The molecule has 0 aromatic carbocycles. The number of carbonyl (C=O) groups is 1. The van der Waals surface area contributed by atoms with Crippen LogP contribution in [0.25, 0.3) is 0 Å². The van der Waals surface area contributed by atoms with Crippen LogP contribution in [0.1, 0.15) is 91.0 Å². The summed E-state index contributed by atoms with van der Waals surface area (Å²) in [7, 11) is 0. The van der Waals surface area contributed by atoms with E-state index in [1.54, 1.807) is 0 Å². The van der Waals surface area contributed by atoms with Crippen molar-refractivity contribution in [3.63, 3.8) is 0 Å². The van der Waals surface area contributed by atoms with E-state index in [2.05, 4.69) is 48.5 Å². The third-order valence-corrected chi connectivity index (χ3v) is 12.4. The van der Waals surface area contributed by atoms with E-state index in [9.17, 15) is 9.90 Å². The molecule has 1 saturated heterocycles. The van der Waals surface area contributed by atoms with Crippen molar-refractivity contribution >= 4 is 5.78 Å². The fraction of sp³-hybridized carbons (Fsp3) is 0.812. The maximum absolute atomic E-state index is 12.8. The van der Waals surface area contributed by atoms with Gasteiger partial charge in [0.1, 0.15) is 5.78 Å². The normalized spacial score (nSPS) is 46.8. The first-order chi connectivity index (χ1) is 17.6. The number of piperazine rings is 1. The maximum Gasteiger partial charge on any atom is 0.139 e. The van der Waals surface area contributed by atoms with Gasteiger partial charge in [0.15, 0.2) is 0 Å². The quantitative estimate of drug-likeness (QED) is 0.598. The highest BCUT2D eigenvalue weighted by Crippen LogP contribution is 2.66. The summed E-state index contributed by atoms with van der Waals surface area (Å²) in [5, 5.41) is 12.0. The Kier molecular flexibility index (Phi) is 6.60.